The molecule has 15 nitrogen and oxygen atoms in total. The van der Waals surface area contributed by atoms with Crippen LogP contribution < -0.4 is 20.7 Å². The number of likely N-dealkylation sites (tertiary alicyclic amines) is 1. The molecule has 3 aliphatic heterocycles. The van der Waals surface area contributed by atoms with Crippen LogP contribution in [0.25, 0.3) is 10.4 Å². The Bertz CT molecular complexity index is 2760. The fraction of sp³-hybridized carbons (Fsp3) is 0.544. The summed E-state index contributed by atoms with van der Waals surface area (Å²) in [4.78, 5) is 67.1. The van der Waals surface area contributed by atoms with E-state index in [0.717, 1.165) is 71.9 Å². The van der Waals surface area contributed by atoms with Crippen molar-refractivity contribution in [3.8, 4) is 22.3 Å². The summed E-state index contributed by atoms with van der Waals surface area (Å²) < 4.78 is 52.6. The molecule has 1 saturated carbocycles. The number of carbonyl (C=O) groups is 4. The van der Waals surface area contributed by atoms with E-state index in [-0.39, 0.29) is 61.0 Å². The van der Waals surface area contributed by atoms with Gasteiger partial charge in [-0.25, -0.2) is 4.98 Å². The van der Waals surface area contributed by atoms with Gasteiger partial charge in [0, 0.05) is 67.5 Å². The first-order chi connectivity index (χ1) is 35.8. The zero-order valence-electron chi connectivity index (χ0n) is 44.6. The molecule has 1 unspecified atom stereocenters. The predicted molar refractivity (Wildman–Crippen MR) is 282 cm³/mol. The lowest BCUT2D eigenvalue weighted by Gasteiger charge is -2.63. The van der Waals surface area contributed by atoms with Gasteiger partial charge in [-0.1, -0.05) is 84.9 Å². The normalized spacial score (nSPS) is 22.6. The Labute approximate surface area is 447 Å². The fourth-order valence-corrected chi connectivity index (χ4v) is 12.5. The summed E-state index contributed by atoms with van der Waals surface area (Å²) in [6.45, 7) is 20.0. The zero-order valence-corrected chi connectivity index (χ0v) is 45.4. The van der Waals surface area contributed by atoms with Crippen molar-refractivity contribution in [2.24, 2.45) is 22.2 Å². The van der Waals surface area contributed by atoms with E-state index in [2.05, 4.69) is 30.7 Å². The lowest BCUT2D eigenvalue weighted by Crippen LogP contribution is -2.74. The number of carbonyl (C=O) groups excluding carboxylic acids is 4. The fourth-order valence-electron chi connectivity index (χ4n) is 11.7. The van der Waals surface area contributed by atoms with Crippen LogP contribution in [0.4, 0.5) is 13.2 Å². The average molecular weight is 1070 g/mol. The van der Waals surface area contributed by atoms with Gasteiger partial charge >= 0.3 is 6.18 Å². The van der Waals surface area contributed by atoms with Crippen molar-refractivity contribution in [2.45, 2.75) is 117 Å². The van der Waals surface area contributed by atoms with Gasteiger partial charge in [0.05, 0.1) is 65.2 Å². The summed E-state index contributed by atoms with van der Waals surface area (Å²) in [5.41, 5.74) is 2.84. The number of aliphatic hydroxyl groups is 1. The minimum absolute atomic E-state index is 0.00724. The summed E-state index contributed by atoms with van der Waals surface area (Å²) in [5, 5.41) is 29.4. The molecule has 4 aliphatic rings. The van der Waals surface area contributed by atoms with E-state index in [1.54, 1.807) is 29.5 Å². The summed E-state index contributed by atoms with van der Waals surface area (Å²) in [7, 11) is 0. The third-order valence-corrected chi connectivity index (χ3v) is 16.7. The number of aryl methyl sites for hydroxylation is 2. The summed E-state index contributed by atoms with van der Waals surface area (Å²) >= 11 is 1.57. The molecular formula is C57H71F3N8O7S. The highest BCUT2D eigenvalue weighted by molar-refractivity contribution is 7.13. The number of piperazine rings is 1. The smallest absolute Gasteiger partial charge is 0.417 e. The summed E-state index contributed by atoms with van der Waals surface area (Å²) in [5.74, 6) is -1.26. The SMILES string of the molecule is Cc1ncsc1-c1ccc(C(NC(=O)[C@@H]2C[C@@H](O)CN2C(=O)[C@@H](NC(=O)CN2CCN(CCCc3ccc(C(=O)N[C@H]4C(C)(C)[C@H](Oc5ccc(C#N)c(C(F)(F)F)c5)C4(C)C)cc3)CC2)C(C)(C)C)C2COC2)cc1. The first-order valence-corrected chi connectivity index (χ1v) is 27.0. The number of nitriles is 1. The van der Waals surface area contributed by atoms with Crippen LogP contribution >= 0.6 is 11.3 Å². The van der Waals surface area contributed by atoms with Gasteiger partial charge in [-0.15, -0.1) is 11.3 Å². The lowest BCUT2D eigenvalue weighted by molar-refractivity contribution is -0.164. The van der Waals surface area contributed by atoms with Crippen LogP contribution in [-0.4, -0.2) is 138 Å². The Morgan fingerprint density at radius 1 is 0.934 bits per heavy atom. The Hall–Kier alpha value is -5.91. The number of amides is 4. The third kappa shape index (κ3) is 12.4. The van der Waals surface area contributed by atoms with Gasteiger partial charge in [-0.05, 0) is 78.7 Å². The number of alkyl halides is 3. The van der Waals surface area contributed by atoms with Crippen LogP contribution in [0.1, 0.15) is 106 Å². The van der Waals surface area contributed by atoms with E-state index in [9.17, 15) is 42.7 Å². The van der Waals surface area contributed by atoms with Crippen molar-refractivity contribution in [3.63, 3.8) is 0 Å². The minimum Gasteiger partial charge on any atom is -0.489 e. The molecule has 3 saturated heterocycles. The molecule has 19 heteroatoms. The van der Waals surface area contributed by atoms with E-state index in [4.69, 9.17) is 9.47 Å². The number of benzene rings is 3. The van der Waals surface area contributed by atoms with Crippen molar-refractivity contribution < 1.29 is 46.9 Å². The number of hydrogen-bond donors (Lipinski definition) is 4. The Kier molecular flexibility index (Phi) is 16.7. The quantitative estimate of drug-likeness (QED) is 0.0840. The summed E-state index contributed by atoms with van der Waals surface area (Å²) in [6.07, 6.45) is -4.36. The van der Waals surface area contributed by atoms with Gasteiger partial charge in [0.15, 0.2) is 0 Å². The monoisotopic (exact) mass is 1070 g/mol. The Morgan fingerprint density at radius 2 is 1.59 bits per heavy atom. The second-order valence-electron chi connectivity index (χ2n) is 23.2. The Morgan fingerprint density at radius 3 is 2.17 bits per heavy atom. The molecule has 4 fully saturated rings. The maximum Gasteiger partial charge on any atom is 0.417 e. The van der Waals surface area contributed by atoms with Gasteiger partial charge in [-0.2, -0.15) is 18.4 Å². The molecule has 0 radical (unpaired) electrons. The van der Waals surface area contributed by atoms with Crippen LogP contribution in [0.3, 0.4) is 0 Å². The van der Waals surface area contributed by atoms with E-state index < -0.39 is 63.7 Å². The van der Waals surface area contributed by atoms with Crippen molar-refractivity contribution in [1.82, 2.24) is 35.6 Å². The molecule has 3 aromatic carbocycles. The van der Waals surface area contributed by atoms with Crippen LogP contribution in [0, 0.1) is 40.4 Å². The molecule has 1 aliphatic carbocycles. The second-order valence-corrected chi connectivity index (χ2v) is 24.1. The molecule has 4 heterocycles. The first-order valence-electron chi connectivity index (χ1n) is 26.1. The number of halogens is 3. The number of β-amino-alcohol motifs (C(OH)–C–C–N with tert-alkyl or cyclic N) is 1. The van der Waals surface area contributed by atoms with Crippen LogP contribution in [0.15, 0.2) is 72.2 Å². The molecule has 0 spiro atoms. The van der Waals surface area contributed by atoms with Gasteiger partial charge < -0.3 is 40.3 Å². The van der Waals surface area contributed by atoms with Crippen LogP contribution in [0.5, 0.6) is 5.75 Å². The van der Waals surface area contributed by atoms with Gasteiger partial charge in [-0.3, -0.25) is 24.1 Å². The summed E-state index contributed by atoms with van der Waals surface area (Å²) in [6, 6.07) is 17.9. The molecule has 4 aromatic rings. The van der Waals surface area contributed by atoms with Crippen molar-refractivity contribution in [3.05, 3.63) is 106 Å². The molecule has 4 atom stereocenters. The first kappa shape index (κ1) is 56.3. The van der Waals surface area contributed by atoms with Gasteiger partial charge in [0.1, 0.15) is 23.9 Å². The number of aliphatic hydroxyl groups excluding tert-OH is 1. The number of ether oxygens (including phenoxy) is 2. The van der Waals surface area contributed by atoms with E-state index in [1.165, 1.54) is 11.0 Å². The number of nitrogens with one attached hydrogen (secondary N) is 3. The lowest BCUT2D eigenvalue weighted by atomic mass is 9.49. The van der Waals surface area contributed by atoms with Crippen LogP contribution in [0.2, 0.25) is 0 Å². The van der Waals surface area contributed by atoms with E-state index in [1.807, 2.05) is 97.3 Å². The van der Waals surface area contributed by atoms with Gasteiger partial charge in [0.25, 0.3) is 5.91 Å². The molecule has 4 N–H and O–H groups in total. The molecule has 8 rings (SSSR count). The molecule has 76 heavy (non-hydrogen) atoms. The van der Waals surface area contributed by atoms with E-state index in [0.29, 0.717) is 31.9 Å². The van der Waals surface area contributed by atoms with E-state index >= 15 is 0 Å². The molecule has 0 bridgehead atoms. The number of rotatable bonds is 17. The van der Waals surface area contributed by atoms with Crippen LogP contribution in [-0.2, 0) is 31.7 Å². The highest BCUT2D eigenvalue weighted by Crippen LogP contribution is 2.56. The highest BCUT2D eigenvalue weighted by Gasteiger charge is 2.64. The van der Waals surface area contributed by atoms with Crippen molar-refractivity contribution >= 4 is 35.0 Å². The Balaban J connectivity index is 0.777. The molecule has 4 amide bonds. The zero-order chi connectivity index (χ0) is 54.9. The number of thiazole rings is 1. The van der Waals surface area contributed by atoms with Crippen molar-refractivity contribution in [1.29, 1.82) is 5.26 Å². The average Bonchev–Trinajstić information content (AvgIpc) is 3.98. The minimum atomic E-state index is -4.71. The predicted octanol–water partition coefficient (Wildman–Crippen LogP) is 7.17. The maximum atomic E-state index is 14.4. The third-order valence-electron chi connectivity index (χ3n) is 15.8. The molecule has 1 aromatic heterocycles. The number of aromatic nitrogens is 1. The standard InChI is InChI=1S/C57H71F3N8O7S/c1-34-47(76-33-62-34)37-17-15-36(16-18-37)46(40-31-74-32-40)64-50(72)44-26-41(69)29-68(44)51(73)48(54(2,3)4)63-45(70)30-67-24-22-66(23-25-67)21-9-10-35-11-13-38(14-12-35)49(71)65-52-55(5,6)53(56(52,7)8)75-42-20-19-39(28-61)43(27-42)57(58,59)60/h11-20,27,33,40-41,44,46,48,52-53,69H,9-10,21-26,29-32H2,1-8H3,(H,63,70)(H,64,72)(H,65,71)/t41-,44+,46?,48-,52-,53-/m1/s1. The largest absolute Gasteiger partial charge is 0.489 e. The highest BCUT2D eigenvalue weighted by atomic mass is 32.1. The molecule has 408 valence electrons. The van der Waals surface area contributed by atoms with Crippen molar-refractivity contribution in [2.75, 3.05) is 59.0 Å². The second kappa shape index (κ2) is 22.6. The molecular weight excluding hydrogens is 998 g/mol. The van der Waals surface area contributed by atoms with Gasteiger partial charge in [0.2, 0.25) is 17.7 Å². The maximum absolute atomic E-state index is 14.4. The number of hydrogen-bond acceptors (Lipinski definition) is 12. The topological polar surface area (TPSA) is 189 Å². The number of nitrogens with zero attached hydrogens (tertiary/aromatic N) is 5.